The topological polar surface area (TPSA) is 121 Å². The molecule has 0 bridgehead atoms. The summed E-state index contributed by atoms with van der Waals surface area (Å²) >= 11 is 1.67. The minimum atomic E-state index is 0.339. The van der Waals surface area contributed by atoms with Crippen molar-refractivity contribution in [3.8, 4) is 0 Å². The molecule has 0 spiro atoms. The van der Waals surface area contributed by atoms with E-state index in [2.05, 4.69) is 77.2 Å². The second kappa shape index (κ2) is 14.8. The van der Waals surface area contributed by atoms with Crippen molar-refractivity contribution in [2.75, 3.05) is 0 Å². The molecule has 0 saturated heterocycles. The summed E-state index contributed by atoms with van der Waals surface area (Å²) in [5, 5.41) is 29.8. The van der Waals surface area contributed by atoms with Gasteiger partial charge in [-0.1, -0.05) is 55.4 Å². The molecule has 38 heavy (non-hydrogen) atoms. The lowest BCUT2D eigenvalue weighted by Crippen LogP contribution is -1.92. The van der Waals surface area contributed by atoms with E-state index in [-0.39, 0.29) is 0 Å². The maximum atomic E-state index is 5.45. The molecule has 0 unspecified atom stereocenters. The van der Waals surface area contributed by atoms with Crippen LogP contribution in [0, 0.1) is 13.8 Å². The van der Waals surface area contributed by atoms with Crippen LogP contribution in [0.4, 0.5) is 0 Å². The zero-order valence-corrected chi connectivity index (χ0v) is 25.6. The zero-order valence-electron chi connectivity index (χ0n) is 24.8. The van der Waals surface area contributed by atoms with Gasteiger partial charge in [-0.05, 0) is 31.7 Å². The van der Waals surface area contributed by atoms with Crippen molar-refractivity contribution in [3.05, 3.63) is 51.5 Å². The first kappa shape index (κ1) is 31.3. The summed E-state index contributed by atoms with van der Waals surface area (Å²) in [6, 6.07) is 2.05. The smallest absolute Gasteiger partial charge is 0.219 e. The normalized spacial score (nSPS) is 12.7. The van der Waals surface area contributed by atoms with Crippen molar-refractivity contribution in [2.24, 2.45) is 7.05 Å². The summed E-state index contributed by atoms with van der Waals surface area (Å²) < 4.78 is 12.4. The first-order valence-corrected chi connectivity index (χ1v) is 14.1. The third-order valence-electron chi connectivity index (χ3n) is 5.27. The van der Waals surface area contributed by atoms with Crippen LogP contribution >= 0.6 is 11.3 Å². The predicted octanol–water partition coefficient (Wildman–Crippen LogP) is 7.09. The Kier molecular flexibility index (Phi) is 12.2. The van der Waals surface area contributed by atoms with Crippen LogP contribution in [0.1, 0.15) is 137 Å². The number of hydrogen-bond acceptors (Lipinski definition) is 10. The molecule has 4 aromatic heterocycles. The number of nitrogens with zero attached hydrogens (tertiary/aromatic N) is 8. The highest BCUT2D eigenvalue weighted by atomic mass is 32.1. The van der Waals surface area contributed by atoms with Crippen LogP contribution in [0.2, 0.25) is 0 Å². The second-order valence-electron chi connectivity index (χ2n) is 10.6. The van der Waals surface area contributed by atoms with E-state index in [1.807, 2.05) is 44.8 Å². The SMILES string of the molecule is CC(C)c1ccn(C)n1.CC(C)c1nnc(C2CC2)o1.Cc1nnc(C(C)C)o1.Cc1nnc(C(C)C)s1. The van der Waals surface area contributed by atoms with E-state index >= 15 is 0 Å². The van der Waals surface area contributed by atoms with Gasteiger partial charge in [-0.15, -0.1) is 41.9 Å². The van der Waals surface area contributed by atoms with E-state index in [0.29, 0.717) is 41.4 Å². The standard InChI is InChI=1S/C8H12N2O.C7H12N2.C6H10N2O.C6H10N2S/c1-5(2)7-9-10-8(11-7)6-3-4-6;1-6(2)7-4-5-9(3)8-7;2*1-4(2)6-8-7-5(3)9-6/h5-6H,3-4H2,1-2H3;4-6H,1-3H3;2*4H,1-3H3. The lowest BCUT2D eigenvalue weighted by atomic mass is 10.1. The molecule has 4 aromatic rings. The largest absolute Gasteiger partial charge is 0.425 e. The summed E-state index contributed by atoms with van der Waals surface area (Å²) in [5.74, 6) is 5.31. The van der Waals surface area contributed by atoms with E-state index in [1.165, 1.54) is 12.8 Å². The lowest BCUT2D eigenvalue weighted by Gasteiger charge is -1.95. The van der Waals surface area contributed by atoms with Crippen molar-refractivity contribution in [3.63, 3.8) is 0 Å². The Hall–Kier alpha value is -2.95. The molecule has 11 heteroatoms. The van der Waals surface area contributed by atoms with Gasteiger partial charge in [-0.3, -0.25) is 4.68 Å². The monoisotopic (exact) mass is 544 g/mol. The molecule has 210 valence electrons. The lowest BCUT2D eigenvalue weighted by molar-refractivity contribution is 0.433. The van der Waals surface area contributed by atoms with Gasteiger partial charge in [0.1, 0.15) is 10.0 Å². The predicted molar refractivity (Wildman–Crippen MR) is 150 cm³/mol. The first-order chi connectivity index (χ1) is 17.9. The third kappa shape index (κ3) is 10.8. The van der Waals surface area contributed by atoms with Crippen LogP contribution in [-0.4, -0.2) is 40.4 Å². The molecule has 4 heterocycles. The quantitative estimate of drug-likeness (QED) is 0.259. The summed E-state index contributed by atoms with van der Waals surface area (Å²) in [4.78, 5) is 0. The molecule has 0 atom stereocenters. The van der Waals surface area contributed by atoms with Crippen LogP contribution in [0.5, 0.6) is 0 Å². The van der Waals surface area contributed by atoms with Gasteiger partial charge < -0.3 is 8.83 Å². The number of aryl methyl sites for hydroxylation is 3. The fourth-order valence-electron chi connectivity index (χ4n) is 2.81. The van der Waals surface area contributed by atoms with Gasteiger partial charge in [0.2, 0.25) is 23.6 Å². The highest BCUT2D eigenvalue weighted by Crippen LogP contribution is 2.39. The Morgan fingerprint density at radius 3 is 1.66 bits per heavy atom. The maximum absolute atomic E-state index is 5.45. The number of aromatic nitrogens is 8. The molecule has 1 fully saturated rings. The summed E-state index contributed by atoms with van der Waals surface area (Å²) in [6.45, 7) is 20.5. The average Bonchev–Trinajstić information content (AvgIpc) is 3.27. The van der Waals surface area contributed by atoms with Crippen molar-refractivity contribution in [2.45, 2.75) is 112 Å². The molecule has 1 aliphatic carbocycles. The second-order valence-corrected chi connectivity index (χ2v) is 11.8. The van der Waals surface area contributed by atoms with Crippen LogP contribution in [-0.2, 0) is 7.05 Å². The fraction of sp³-hybridized carbons (Fsp3) is 0.667. The summed E-state index contributed by atoms with van der Waals surface area (Å²) in [6.07, 6.45) is 4.41. The summed E-state index contributed by atoms with van der Waals surface area (Å²) in [5.41, 5.74) is 1.16. The molecule has 0 aliphatic heterocycles. The molecule has 10 nitrogen and oxygen atoms in total. The van der Waals surface area contributed by atoms with Gasteiger partial charge in [0.25, 0.3) is 0 Å². The van der Waals surface area contributed by atoms with Crippen molar-refractivity contribution in [1.29, 1.82) is 0 Å². The van der Waals surface area contributed by atoms with Gasteiger partial charge in [-0.2, -0.15) is 5.10 Å². The maximum Gasteiger partial charge on any atom is 0.219 e. The molecular formula is C27H44N8O2S. The zero-order chi connectivity index (χ0) is 28.4. The fourth-order valence-corrected chi connectivity index (χ4v) is 3.51. The van der Waals surface area contributed by atoms with Gasteiger partial charge in [0, 0.05) is 43.8 Å². The Morgan fingerprint density at radius 2 is 1.37 bits per heavy atom. The third-order valence-corrected chi connectivity index (χ3v) is 6.41. The van der Waals surface area contributed by atoms with Crippen LogP contribution in [0.3, 0.4) is 0 Å². The average molecular weight is 545 g/mol. The highest BCUT2D eigenvalue weighted by Gasteiger charge is 2.29. The molecule has 0 radical (unpaired) electrons. The molecule has 1 saturated carbocycles. The molecule has 1 aliphatic rings. The molecule has 0 aromatic carbocycles. The summed E-state index contributed by atoms with van der Waals surface area (Å²) in [7, 11) is 1.94. The van der Waals surface area contributed by atoms with Crippen molar-refractivity contribution < 1.29 is 8.83 Å². The van der Waals surface area contributed by atoms with Gasteiger partial charge in [0.05, 0.1) is 5.69 Å². The van der Waals surface area contributed by atoms with Crippen molar-refractivity contribution >= 4 is 11.3 Å². The van der Waals surface area contributed by atoms with Gasteiger partial charge in [-0.25, -0.2) is 0 Å². The minimum Gasteiger partial charge on any atom is -0.425 e. The van der Waals surface area contributed by atoms with Crippen LogP contribution in [0.25, 0.3) is 0 Å². The Bertz CT molecular complexity index is 1080. The van der Waals surface area contributed by atoms with E-state index in [1.54, 1.807) is 18.3 Å². The van der Waals surface area contributed by atoms with Gasteiger partial charge >= 0.3 is 0 Å². The molecule has 0 amide bonds. The first-order valence-electron chi connectivity index (χ1n) is 13.3. The van der Waals surface area contributed by atoms with Gasteiger partial charge in [0.15, 0.2) is 0 Å². The van der Waals surface area contributed by atoms with Crippen LogP contribution < -0.4 is 0 Å². The van der Waals surface area contributed by atoms with E-state index < -0.39 is 0 Å². The highest BCUT2D eigenvalue weighted by molar-refractivity contribution is 7.11. The van der Waals surface area contributed by atoms with E-state index in [4.69, 9.17) is 8.83 Å². The Labute approximate surface area is 230 Å². The molecule has 0 N–H and O–H groups in total. The van der Waals surface area contributed by atoms with Crippen LogP contribution in [0.15, 0.2) is 21.1 Å². The van der Waals surface area contributed by atoms with Crippen molar-refractivity contribution in [1.82, 2.24) is 40.4 Å². The molecular weight excluding hydrogens is 500 g/mol. The number of rotatable bonds is 5. The minimum absolute atomic E-state index is 0.339. The number of hydrogen-bond donors (Lipinski definition) is 0. The Morgan fingerprint density at radius 1 is 0.763 bits per heavy atom. The Balaban J connectivity index is 0.000000179. The molecule has 5 rings (SSSR count). The van der Waals surface area contributed by atoms with E-state index in [0.717, 1.165) is 27.5 Å². The van der Waals surface area contributed by atoms with E-state index in [9.17, 15) is 0 Å².